The average Bonchev–Trinajstić information content (AvgIpc) is 2.36. The largest absolute Gasteiger partial charge is 0.507 e. The molecule has 0 aliphatic rings. The fourth-order valence-electron chi connectivity index (χ4n) is 1.73. The van der Waals surface area contributed by atoms with Crippen LogP contribution in [0.1, 0.15) is 10.4 Å². The quantitative estimate of drug-likeness (QED) is 0.649. The van der Waals surface area contributed by atoms with Gasteiger partial charge in [-0.25, -0.2) is 0 Å². The van der Waals surface area contributed by atoms with Crippen molar-refractivity contribution < 1.29 is 19.4 Å². The predicted octanol–water partition coefficient (Wildman–Crippen LogP) is 2.34. The zero-order chi connectivity index (χ0) is 12.3. The van der Waals surface area contributed by atoms with Crippen LogP contribution in [0.5, 0.6) is 11.5 Å². The standard InChI is InChI=1S/C13H12O4/c1-16-8-17-12-6-5-9(7-14)13-10(12)3-2-4-11(13)15/h2-7,15H,8H2,1H3. The minimum atomic E-state index is 0.0625. The van der Waals surface area contributed by atoms with Gasteiger partial charge in [0.1, 0.15) is 11.5 Å². The van der Waals surface area contributed by atoms with Crippen molar-refractivity contribution in [3.8, 4) is 11.5 Å². The molecule has 0 aliphatic heterocycles. The van der Waals surface area contributed by atoms with Crippen LogP contribution in [0.15, 0.2) is 30.3 Å². The molecule has 0 spiro atoms. The van der Waals surface area contributed by atoms with Crippen LogP contribution in [0.3, 0.4) is 0 Å². The van der Waals surface area contributed by atoms with Gasteiger partial charge in [0.2, 0.25) is 0 Å². The molecule has 4 nitrogen and oxygen atoms in total. The molecule has 0 heterocycles. The first-order valence-corrected chi connectivity index (χ1v) is 5.09. The highest BCUT2D eigenvalue weighted by Gasteiger charge is 2.09. The fourth-order valence-corrected chi connectivity index (χ4v) is 1.73. The summed E-state index contributed by atoms with van der Waals surface area (Å²) in [5.41, 5.74) is 0.433. The molecule has 1 N–H and O–H groups in total. The number of aromatic hydroxyl groups is 1. The SMILES string of the molecule is COCOc1ccc(C=O)c2c(O)cccc12. The molecule has 0 radical (unpaired) electrons. The van der Waals surface area contributed by atoms with Crippen molar-refractivity contribution in [3.05, 3.63) is 35.9 Å². The summed E-state index contributed by atoms with van der Waals surface area (Å²) in [4.78, 5) is 10.9. The number of hydrogen-bond donors (Lipinski definition) is 1. The third-order valence-electron chi connectivity index (χ3n) is 2.47. The Balaban J connectivity index is 2.65. The van der Waals surface area contributed by atoms with E-state index in [0.717, 1.165) is 0 Å². The maximum Gasteiger partial charge on any atom is 0.188 e. The number of carbonyl (C=O) groups excluding carboxylic acids is 1. The van der Waals surface area contributed by atoms with Gasteiger partial charge in [0.25, 0.3) is 0 Å². The van der Waals surface area contributed by atoms with Crippen LogP contribution in [0.2, 0.25) is 0 Å². The van der Waals surface area contributed by atoms with E-state index in [9.17, 15) is 9.90 Å². The first-order valence-electron chi connectivity index (χ1n) is 5.09. The maximum atomic E-state index is 10.9. The van der Waals surface area contributed by atoms with Crippen molar-refractivity contribution in [2.75, 3.05) is 13.9 Å². The van der Waals surface area contributed by atoms with E-state index < -0.39 is 0 Å². The zero-order valence-electron chi connectivity index (χ0n) is 9.34. The molecule has 4 heteroatoms. The Morgan fingerprint density at radius 1 is 1.29 bits per heavy atom. The Kier molecular flexibility index (Phi) is 3.25. The first kappa shape index (κ1) is 11.4. The molecule has 2 aromatic carbocycles. The molecule has 0 bridgehead atoms. The van der Waals surface area contributed by atoms with E-state index in [1.54, 1.807) is 24.3 Å². The molecule has 0 saturated heterocycles. The van der Waals surface area contributed by atoms with Crippen molar-refractivity contribution in [1.82, 2.24) is 0 Å². The van der Waals surface area contributed by atoms with Gasteiger partial charge in [-0.05, 0) is 18.2 Å². The van der Waals surface area contributed by atoms with E-state index in [0.29, 0.717) is 28.4 Å². The normalized spacial score (nSPS) is 10.4. The monoisotopic (exact) mass is 232 g/mol. The highest BCUT2D eigenvalue weighted by molar-refractivity contribution is 6.04. The number of phenols is 1. The summed E-state index contributed by atoms with van der Waals surface area (Å²) < 4.78 is 10.2. The Bertz CT molecular complexity index is 548. The lowest BCUT2D eigenvalue weighted by Gasteiger charge is -2.10. The number of phenolic OH excluding ortho intramolecular Hbond substituents is 1. The molecule has 0 unspecified atom stereocenters. The van der Waals surface area contributed by atoms with E-state index in [2.05, 4.69) is 0 Å². The summed E-state index contributed by atoms with van der Waals surface area (Å²) in [7, 11) is 1.53. The number of aldehydes is 1. The van der Waals surface area contributed by atoms with Crippen molar-refractivity contribution in [3.63, 3.8) is 0 Å². The molecule has 2 rings (SSSR count). The molecule has 17 heavy (non-hydrogen) atoms. The third kappa shape index (κ3) is 2.07. The van der Waals surface area contributed by atoms with Crippen LogP contribution >= 0.6 is 0 Å². The van der Waals surface area contributed by atoms with E-state index in [1.807, 2.05) is 0 Å². The lowest BCUT2D eigenvalue weighted by atomic mass is 10.0. The Morgan fingerprint density at radius 2 is 2.12 bits per heavy atom. The Labute approximate surface area is 98.4 Å². The molecular formula is C13H12O4. The van der Waals surface area contributed by atoms with Crippen LogP contribution in [0.25, 0.3) is 10.8 Å². The lowest BCUT2D eigenvalue weighted by Crippen LogP contribution is -2.00. The number of hydrogen-bond acceptors (Lipinski definition) is 4. The van der Waals surface area contributed by atoms with Gasteiger partial charge in [0.05, 0.1) is 0 Å². The van der Waals surface area contributed by atoms with Gasteiger partial charge in [-0.1, -0.05) is 12.1 Å². The second-order valence-electron chi connectivity index (χ2n) is 3.52. The van der Waals surface area contributed by atoms with Crippen LogP contribution < -0.4 is 4.74 Å². The predicted molar refractivity (Wildman–Crippen MR) is 63.5 cm³/mol. The molecular weight excluding hydrogens is 220 g/mol. The molecule has 0 aromatic heterocycles. The van der Waals surface area contributed by atoms with E-state index in [-0.39, 0.29) is 12.5 Å². The number of fused-ring (bicyclic) bond motifs is 1. The molecule has 0 fully saturated rings. The number of carbonyl (C=O) groups is 1. The van der Waals surface area contributed by atoms with Crippen LogP contribution in [0.4, 0.5) is 0 Å². The second-order valence-corrected chi connectivity index (χ2v) is 3.52. The summed E-state index contributed by atoms with van der Waals surface area (Å²) >= 11 is 0. The van der Waals surface area contributed by atoms with Crippen molar-refractivity contribution in [2.24, 2.45) is 0 Å². The number of ether oxygens (including phenoxy) is 2. The highest BCUT2D eigenvalue weighted by Crippen LogP contribution is 2.33. The Hall–Kier alpha value is -2.07. The zero-order valence-corrected chi connectivity index (χ0v) is 9.34. The first-order chi connectivity index (χ1) is 8.27. The summed E-state index contributed by atoms with van der Waals surface area (Å²) in [6.07, 6.45) is 0.710. The highest BCUT2D eigenvalue weighted by atomic mass is 16.7. The third-order valence-corrected chi connectivity index (χ3v) is 2.47. The molecule has 0 aliphatic carbocycles. The van der Waals surface area contributed by atoms with Gasteiger partial charge in [-0.3, -0.25) is 4.79 Å². The average molecular weight is 232 g/mol. The van der Waals surface area contributed by atoms with Gasteiger partial charge in [0.15, 0.2) is 13.1 Å². The van der Waals surface area contributed by atoms with Gasteiger partial charge < -0.3 is 14.6 Å². The van der Waals surface area contributed by atoms with Gasteiger partial charge in [0, 0.05) is 23.4 Å². The molecule has 0 atom stereocenters. The van der Waals surface area contributed by atoms with Gasteiger partial charge in [-0.2, -0.15) is 0 Å². The van der Waals surface area contributed by atoms with E-state index in [4.69, 9.17) is 9.47 Å². The Morgan fingerprint density at radius 3 is 2.82 bits per heavy atom. The number of methoxy groups -OCH3 is 1. The minimum absolute atomic E-state index is 0.0625. The van der Waals surface area contributed by atoms with Crippen molar-refractivity contribution in [1.29, 1.82) is 0 Å². The lowest BCUT2D eigenvalue weighted by molar-refractivity contribution is 0.0522. The molecule has 0 amide bonds. The maximum absolute atomic E-state index is 10.9. The minimum Gasteiger partial charge on any atom is -0.507 e. The van der Waals surface area contributed by atoms with E-state index in [1.165, 1.54) is 13.2 Å². The smallest absolute Gasteiger partial charge is 0.188 e. The summed E-state index contributed by atoms with van der Waals surface area (Å²) in [5, 5.41) is 11.0. The summed E-state index contributed by atoms with van der Waals surface area (Å²) in [6, 6.07) is 8.32. The van der Waals surface area contributed by atoms with Crippen LogP contribution in [-0.2, 0) is 4.74 Å². The number of rotatable bonds is 4. The molecule has 0 saturated carbocycles. The van der Waals surface area contributed by atoms with Crippen molar-refractivity contribution in [2.45, 2.75) is 0 Å². The van der Waals surface area contributed by atoms with Crippen LogP contribution in [0, 0.1) is 0 Å². The van der Waals surface area contributed by atoms with Crippen molar-refractivity contribution >= 4 is 17.1 Å². The summed E-state index contributed by atoms with van der Waals surface area (Å²) in [6.45, 7) is 0.116. The topological polar surface area (TPSA) is 55.8 Å². The van der Waals surface area contributed by atoms with Crippen LogP contribution in [-0.4, -0.2) is 25.3 Å². The summed E-state index contributed by atoms with van der Waals surface area (Å²) in [5.74, 6) is 0.635. The number of benzene rings is 2. The van der Waals surface area contributed by atoms with Gasteiger partial charge in [-0.15, -0.1) is 0 Å². The second kappa shape index (κ2) is 4.84. The van der Waals surface area contributed by atoms with Gasteiger partial charge >= 0.3 is 0 Å². The molecule has 88 valence electrons. The fraction of sp³-hybridized carbons (Fsp3) is 0.154. The molecule has 2 aromatic rings. The van der Waals surface area contributed by atoms with E-state index >= 15 is 0 Å².